The van der Waals surface area contributed by atoms with Gasteiger partial charge in [-0.25, -0.2) is 0 Å². The minimum Gasteiger partial charge on any atom is -0.398 e. The average molecular weight is 340 g/mol. The number of benzene rings is 1. The van der Waals surface area contributed by atoms with Crippen molar-refractivity contribution in [2.24, 2.45) is 0 Å². The Morgan fingerprint density at radius 3 is 2.45 bits per heavy atom. The summed E-state index contributed by atoms with van der Waals surface area (Å²) in [7, 11) is -1.51. The van der Waals surface area contributed by atoms with Crippen LogP contribution >= 0.6 is 22.9 Å². The highest BCUT2D eigenvalue weighted by Crippen LogP contribution is 2.33. The Bertz CT molecular complexity index is 654. The first-order chi connectivity index (χ1) is 9.27. The molecule has 2 rings (SSSR count). The minimum atomic E-state index is -4.46. The van der Waals surface area contributed by atoms with Crippen LogP contribution in [-0.4, -0.2) is 4.21 Å². The second-order valence-corrected chi connectivity index (χ2v) is 7.17. The fourth-order valence-electron chi connectivity index (χ4n) is 1.57. The van der Waals surface area contributed by atoms with E-state index in [1.807, 2.05) is 0 Å². The van der Waals surface area contributed by atoms with Crippen LogP contribution in [0.4, 0.5) is 18.9 Å². The highest BCUT2D eigenvalue weighted by atomic mass is 35.5. The quantitative estimate of drug-likeness (QED) is 0.847. The molecule has 0 saturated heterocycles. The van der Waals surface area contributed by atoms with Crippen LogP contribution in [0.3, 0.4) is 0 Å². The smallest absolute Gasteiger partial charge is 0.398 e. The molecular formula is C12H9ClF3NOS2. The van der Waals surface area contributed by atoms with Crippen molar-refractivity contribution in [2.75, 3.05) is 5.73 Å². The van der Waals surface area contributed by atoms with Crippen molar-refractivity contribution < 1.29 is 17.4 Å². The zero-order valence-electron chi connectivity index (χ0n) is 9.91. The number of nitrogen functional groups attached to an aromatic ring is 1. The van der Waals surface area contributed by atoms with Crippen LogP contribution in [0.25, 0.3) is 0 Å². The van der Waals surface area contributed by atoms with Crippen molar-refractivity contribution in [1.29, 1.82) is 0 Å². The number of nitrogens with two attached hydrogens (primary N) is 1. The zero-order valence-corrected chi connectivity index (χ0v) is 12.3. The molecule has 1 aromatic heterocycles. The van der Waals surface area contributed by atoms with E-state index in [0.717, 1.165) is 23.1 Å². The van der Waals surface area contributed by atoms with Gasteiger partial charge in [0, 0.05) is 10.6 Å². The maximum Gasteiger partial charge on any atom is 0.416 e. The number of rotatable bonds is 3. The molecule has 108 valence electrons. The molecule has 0 bridgehead atoms. The molecule has 0 saturated carbocycles. The lowest BCUT2D eigenvalue weighted by Gasteiger charge is -2.10. The van der Waals surface area contributed by atoms with Crippen molar-refractivity contribution in [3.8, 4) is 0 Å². The van der Waals surface area contributed by atoms with Gasteiger partial charge in [0.1, 0.15) is 0 Å². The van der Waals surface area contributed by atoms with Gasteiger partial charge in [0.05, 0.1) is 31.3 Å². The predicted octanol–water partition coefficient (Wildman–Crippen LogP) is 4.31. The van der Waals surface area contributed by atoms with Crippen molar-refractivity contribution in [3.05, 3.63) is 45.1 Å². The lowest BCUT2D eigenvalue weighted by atomic mass is 10.2. The molecule has 0 fully saturated rings. The predicted molar refractivity (Wildman–Crippen MR) is 75.3 cm³/mol. The van der Waals surface area contributed by atoms with Crippen molar-refractivity contribution in [2.45, 2.75) is 16.8 Å². The number of alkyl halides is 3. The number of thiophene rings is 1. The molecule has 2 N–H and O–H groups in total. The third kappa shape index (κ3) is 3.53. The van der Waals surface area contributed by atoms with Gasteiger partial charge in [-0.15, -0.1) is 11.3 Å². The maximum atomic E-state index is 12.5. The van der Waals surface area contributed by atoms with E-state index in [-0.39, 0.29) is 16.3 Å². The summed E-state index contributed by atoms with van der Waals surface area (Å²) in [5.41, 5.74) is 4.59. The molecule has 2 nitrogen and oxygen atoms in total. The van der Waals surface area contributed by atoms with Crippen LogP contribution in [0.2, 0.25) is 4.34 Å². The molecule has 1 aromatic carbocycles. The van der Waals surface area contributed by atoms with Crippen molar-refractivity contribution >= 4 is 39.4 Å². The minimum absolute atomic E-state index is 0.124. The molecule has 20 heavy (non-hydrogen) atoms. The summed E-state index contributed by atoms with van der Waals surface area (Å²) in [4.78, 5) is 0.982. The van der Waals surface area contributed by atoms with Gasteiger partial charge in [0.2, 0.25) is 0 Å². The summed E-state index contributed by atoms with van der Waals surface area (Å²) >= 11 is 7.04. The van der Waals surface area contributed by atoms with Crippen LogP contribution in [-0.2, 0) is 22.7 Å². The lowest BCUT2D eigenvalue weighted by Crippen LogP contribution is -2.07. The average Bonchev–Trinajstić information content (AvgIpc) is 2.73. The van der Waals surface area contributed by atoms with Gasteiger partial charge in [-0.3, -0.25) is 4.21 Å². The van der Waals surface area contributed by atoms with Gasteiger partial charge in [0.15, 0.2) is 0 Å². The van der Waals surface area contributed by atoms with Gasteiger partial charge >= 0.3 is 6.18 Å². The number of halogens is 4. The van der Waals surface area contributed by atoms with Gasteiger partial charge in [-0.1, -0.05) is 11.6 Å². The van der Waals surface area contributed by atoms with E-state index in [1.54, 1.807) is 12.1 Å². The summed E-state index contributed by atoms with van der Waals surface area (Å²) in [6, 6.07) is 6.24. The first-order valence-electron chi connectivity index (χ1n) is 5.36. The molecule has 1 unspecified atom stereocenters. The van der Waals surface area contributed by atoms with E-state index in [9.17, 15) is 17.4 Å². The summed E-state index contributed by atoms with van der Waals surface area (Å²) in [6.45, 7) is 0. The van der Waals surface area contributed by atoms with E-state index in [2.05, 4.69) is 0 Å². The number of hydrogen-bond donors (Lipinski definition) is 1. The summed E-state index contributed by atoms with van der Waals surface area (Å²) < 4.78 is 50.2. The van der Waals surface area contributed by atoms with E-state index in [0.29, 0.717) is 4.34 Å². The van der Waals surface area contributed by atoms with Crippen LogP contribution in [0.5, 0.6) is 0 Å². The van der Waals surface area contributed by atoms with Gasteiger partial charge in [-0.2, -0.15) is 13.2 Å². The molecule has 1 heterocycles. The Labute approximate surface area is 124 Å². The van der Waals surface area contributed by atoms with Crippen LogP contribution < -0.4 is 5.73 Å². The summed E-state index contributed by atoms with van der Waals surface area (Å²) in [5, 5.41) is 0. The Hall–Kier alpha value is -1.05. The SMILES string of the molecule is Nc1cc(C(F)(F)F)ccc1S(=O)Cc1ccc(Cl)s1. The third-order valence-electron chi connectivity index (χ3n) is 2.48. The van der Waals surface area contributed by atoms with Crippen LogP contribution in [0.15, 0.2) is 35.2 Å². The Morgan fingerprint density at radius 1 is 1.25 bits per heavy atom. The topological polar surface area (TPSA) is 43.1 Å². The first-order valence-corrected chi connectivity index (χ1v) is 7.88. The van der Waals surface area contributed by atoms with E-state index in [1.165, 1.54) is 11.3 Å². The van der Waals surface area contributed by atoms with E-state index in [4.69, 9.17) is 17.3 Å². The monoisotopic (exact) mass is 339 g/mol. The maximum absolute atomic E-state index is 12.5. The van der Waals surface area contributed by atoms with Gasteiger partial charge in [-0.05, 0) is 30.3 Å². The van der Waals surface area contributed by atoms with Crippen molar-refractivity contribution in [1.82, 2.24) is 0 Å². The molecule has 0 aliphatic rings. The fourth-order valence-corrected chi connectivity index (χ4v) is 4.06. The van der Waals surface area contributed by atoms with Gasteiger partial charge in [0.25, 0.3) is 0 Å². The lowest BCUT2D eigenvalue weighted by molar-refractivity contribution is -0.137. The fraction of sp³-hybridized carbons (Fsp3) is 0.167. The molecule has 2 aromatic rings. The molecule has 0 amide bonds. The normalized spacial score (nSPS) is 13.4. The first kappa shape index (κ1) is 15.3. The molecular weight excluding hydrogens is 331 g/mol. The zero-order chi connectivity index (χ0) is 14.9. The third-order valence-corrected chi connectivity index (χ3v) is 5.33. The Morgan fingerprint density at radius 2 is 1.95 bits per heavy atom. The molecule has 8 heteroatoms. The number of hydrogen-bond acceptors (Lipinski definition) is 3. The molecule has 1 atom stereocenters. The highest BCUT2D eigenvalue weighted by molar-refractivity contribution is 7.84. The van der Waals surface area contributed by atoms with Crippen LogP contribution in [0.1, 0.15) is 10.4 Å². The molecule has 0 radical (unpaired) electrons. The standard InChI is InChI=1S/C12H9ClF3NOS2/c13-11-4-2-8(19-11)6-20(18)10-3-1-7(5-9(10)17)12(14,15)16/h1-5H,6,17H2. The molecule has 0 aliphatic heterocycles. The molecule has 0 spiro atoms. The second kappa shape index (κ2) is 5.75. The highest BCUT2D eigenvalue weighted by Gasteiger charge is 2.31. The van der Waals surface area contributed by atoms with E-state index >= 15 is 0 Å². The second-order valence-electron chi connectivity index (χ2n) is 3.95. The number of anilines is 1. The van der Waals surface area contributed by atoms with Gasteiger partial charge < -0.3 is 5.73 Å². The van der Waals surface area contributed by atoms with Crippen LogP contribution in [0, 0.1) is 0 Å². The van der Waals surface area contributed by atoms with E-state index < -0.39 is 22.5 Å². The Balaban J connectivity index is 2.22. The van der Waals surface area contributed by atoms with Crippen molar-refractivity contribution in [3.63, 3.8) is 0 Å². The molecule has 0 aliphatic carbocycles. The Kier molecular flexibility index (Phi) is 4.41. The summed E-state index contributed by atoms with van der Waals surface area (Å²) in [6.07, 6.45) is -4.46. The largest absolute Gasteiger partial charge is 0.416 e. The summed E-state index contributed by atoms with van der Waals surface area (Å²) in [5.74, 6) is 0.174.